The molecule has 0 aromatic heterocycles. The third kappa shape index (κ3) is 4.16. The van der Waals surface area contributed by atoms with Crippen LogP contribution < -0.4 is 0 Å². The van der Waals surface area contributed by atoms with E-state index < -0.39 is 34.6 Å². The Balaban J connectivity index is 2.15. The molecule has 3 aliphatic heterocycles. The molecule has 3 heterocycles. The summed E-state index contributed by atoms with van der Waals surface area (Å²) in [4.78, 5) is 43.8. The number of nitrogens with zero attached hydrogens (tertiary/aromatic N) is 2. The van der Waals surface area contributed by atoms with Gasteiger partial charge in [-0.2, -0.15) is 0 Å². The number of carbonyl (C=O) groups is 3. The lowest BCUT2D eigenvalue weighted by atomic mass is 9.71. The normalized spacial score (nSPS) is 35.3. The van der Waals surface area contributed by atoms with E-state index in [2.05, 4.69) is 29.4 Å². The molecule has 0 saturated carbocycles. The fourth-order valence-corrected chi connectivity index (χ4v) is 9.74. The predicted molar refractivity (Wildman–Crippen MR) is 133 cm³/mol. The van der Waals surface area contributed by atoms with Crippen molar-refractivity contribution in [1.82, 2.24) is 9.80 Å². The van der Waals surface area contributed by atoms with Crippen LogP contribution in [0.5, 0.6) is 0 Å². The SMILES string of the molecule is C=CCN(C(=O)C1N([C@@H](CO)[C@@H](C)CC)C(=O)[C@@H]2[C@H](C(=O)O)[C@H]3SC12CC3Br)C(C)CCC. The molecule has 0 radical (unpaired) electrons. The quantitative estimate of drug-likeness (QED) is 0.306. The van der Waals surface area contributed by atoms with Gasteiger partial charge in [0, 0.05) is 22.7 Å². The molecule has 9 heteroatoms. The van der Waals surface area contributed by atoms with Crippen LogP contribution in [0.25, 0.3) is 0 Å². The molecule has 0 aromatic rings. The maximum atomic E-state index is 14.3. The first-order valence-electron chi connectivity index (χ1n) is 12.0. The van der Waals surface area contributed by atoms with E-state index in [1.165, 1.54) is 11.8 Å². The molecule has 0 aromatic carbocycles. The second-order valence-corrected chi connectivity index (χ2v) is 12.5. The Morgan fingerprint density at radius 1 is 1.39 bits per heavy atom. The van der Waals surface area contributed by atoms with Crippen LogP contribution in [-0.4, -0.2) is 83.9 Å². The minimum Gasteiger partial charge on any atom is -0.481 e. The van der Waals surface area contributed by atoms with Gasteiger partial charge < -0.3 is 20.0 Å². The van der Waals surface area contributed by atoms with Gasteiger partial charge in [0.2, 0.25) is 11.8 Å². The van der Waals surface area contributed by atoms with Crippen LogP contribution >= 0.6 is 27.7 Å². The second kappa shape index (κ2) is 10.3. The molecular weight excluding hydrogens is 508 g/mol. The second-order valence-electron chi connectivity index (χ2n) is 9.80. The van der Waals surface area contributed by atoms with Crippen LogP contribution in [0.3, 0.4) is 0 Å². The van der Waals surface area contributed by atoms with Gasteiger partial charge in [0.15, 0.2) is 0 Å². The number of aliphatic hydroxyl groups excluding tert-OH is 1. The van der Waals surface area contributed by atoms with Crippen molar-refractivity contribution in [3.8, 4) is 0 Å². The molecule has 4 unspecified atom stereocenters. The van der Waals surface area contributed by atoms with Crippen LogP contribution in [-0.2, 0) is 14.4 Å². The number of rotatable bonds is 11. The summed E-state index contributed by atoms with van der Waals surface area (Å²) in [5.41, 5.74) is 0. The Hall–Kier alpha value is -1.06. The third-order valence-electron chi connectivity index (χ3n) is 7.94. The van der Waals surface area contributed by atoms with Crippen molar-refractivity contribution in [3.63, 3.8) is 0 Å². The van der Waals surface area contributed by atoms with Gasteiger partial charge in [-0.05, 0) is 25.7 Å². The first kappa shape index (κ1) is 26.5. The first-order valence-corrected chi connectivity index (χ1v) is 13.8. The zero-order valence-electron chi connectivity index (χ0n) is 19.9. The Kier molecular flexibility index (Phi) is 8.27. The number of aliphatic carboxylic acids is 1. The fourth-order valence-electron chi connectivity index (χ4n) is 6.16. The number of hydrogen-bond donors (Lipinski definition) is 2. The Morgan fingerprint density at radius 2 is 2.06 bits per heavy atom. The lowest BCUT2D eigenvalue weighted by Crippen LogP contribution is -2.60. The summed E-state index contributed by atoms with van der Waals surface area (Å²) < 4.78 is -0.817. The number of amides is 2. The lowest BCUT2D eigenvalue weighted by Gasteiger charge is -2.42. The maximum Gasteiger partial charge on any atom is 0.308 e. The molecule has 7 nitrogen and oxygen atoms in total. The molecule has 186 valence electrons. The number of carbonyl (C=O) groups excluding carboxylic acids is 2. The van der Waals surface area contributed by atoms with Gasteiger partial charge in [-0.1, -0.05) is 55.6 Å². The van der Waals surface area contributed by atoms with E-state index in [0.717, 1.165) is 19.3 Å². The fraction of sp³-hybridized carbons (Fsp3) is 0.792. The van der Waals surface area contributed by atoms with Crippen LogP contribution in [0.1, 0.15) is 53.4 Å². The number of carboxylic acids is 1. The van der Waals surface area contributed by atoms with Gasteiger partial charge in [0.1, 0.15) is 6.04 Å². The summed E-state index contributed by atoms with van der Waals surface area (Å²) >= 11 is 5.17. The molecule has 0 aliphatic carbocycles. The number of thioether (sulfide) groups is 1. The Bertz CT molecular complexity index is 797. The minimum atomic E-state index is -0.990. The number of fused-ring (bicyclic) bond motifs is 1. The van der Waals surface area contributed by atoms with Crippen LogP contribution in [0, 0.1) is 17.8 Å². The highest BCUT2D eigenvalue weighted by Gasteiger charge is 2.76. The highest BCUT2D eigenvalue weighted by molar-refractivity contribution is 9.09. The molecular formula is C24H37BrN2O5S. The third-order valence-corrected chi connectivity index (χ3v) is 11.2. The van der Waals surface area contributed by atoms with E-state index in [4.69, 9.17) is 0 Å². The van der Waals surface area contributed by atoms with Crippen molar-refractivity contribution in [2.75, 3.05) is 13.2 Å². The molecule has 3 fully saturated rings. The highest BCUT2D eigenvalue weighted by Crippen LogP contribution is 2.68. The summed E-state index contributed by atoms with van der Waals surface area (Å²) in [5.74, 6) is -3.09. The first-order chi connectivity index (χ1) is 15.6. The van der Waals surface area contributed by atoms with Crippen LogP contribution in [0.15, 0.2) is 12.7 Å². The van der Waals surface area contributed by atoms with Crippen LogP contribution in [0.2, 0.25) is 0 Å². The largest absolute Gasteiger partial charge is 0.481 e. The molecule has 2 amide bonds. The van der Waals surface area contributed by atoms with E-state index >= 15 is 0 Å². The molecule has 3 rings (SSSR count). The highest BCUT2D eigenvalue weighted by atomic mass is 79.9. The minimum absolute atomic E-state index is 0.0318. The van der Waals surface area contributed by atoms with Gasteiger partial charge in [-0.3, -0.25) is 14.4 Å². The summed E-state index contributed by atoms with van der Waals surface area (Å²) in [6.07, 6.45) is 4.72. The monoisotopic (exact) mass is 544 g/mol. The molecule has 9 atom stereocenters. The smallest absolute Gasteiger partial charge is 0.308 e. The van der Waals surface area contributed by atoms with Crippen molar-refractivity contribution in [2.45, 2.75) is 86.3 Å². The number of aliphatic hydroxyl groups is 1. The Morgan fingerprint density at radius 3 is 2.58 bits per heavy atom. The number of halogens is 1. The molecule has 33 heavy (non-hydrogen) atoms. The van der Waals surface area contributed by atoms with E-state index in [9.17, 15) is 24.6 Å². The average molecular weight is 546 g/mol. The summed E-state index contributed by atoms with van der Waals surface area (Å²) in [7, 11) is 0. The lowest BCUT2D eigenvalue weighted by molar-refractivity contribution is -0.150. The summed E-state index contributed by atoms with van der Waals surface area (Å²) in [5, 5.41) is 20.1. The molecule has 3 saturated heterocycles. The van der Waals surface area contributed by atoms with E-state index in [1.54, 1.807) is 15.9 Å². The number of likely N-dealkylation sites (tertiary alicyclic amines) is 1. The van der Waals surface area contributed by atoms with E-state index in [1.807, 2.05) is 20.8 Å². The number of alkyl halides is 1. The van der Waals surface area contributed by atoms with Gasteiger partial charge in [-0.15, -0.1) is 18.3 Å². The van der Waals surface area contributed by atoms with Crippen molar-refractivity contribution in [2.24, 2.45) is 17.8 Å². The predicted octanol–water partition coefficient (Wildman–Crippen LogP) is 3.15. The van der Waals surface area contributed by atoms with E-state index in [0.29, 0.717) is 13.0 Å². The topological polar surface area (TPSA) is 98.2 Å². The zero-order valence-corrected chi connectivity index (χ0v) is 22.3. The van der Waals surface area contributed by atoms with Crippen molar-refractivity contribution in [3.05, 3.63) is 12.7 Å². The van der Waals surface area contributed by atoms with Crippen molar-refractivity contribution >= 4 is 45.5 Å². The van der Waals surface area contributed by atoms with Gasteiger partial charge >= 0.3 is 5.97 Å². The van der Waals surface area contributed by atoms with Gasteiger partial charge in [-0.25, -0.2) is 0 Å². The molecule has 1 spiro atoms. The van der Waals surface area contributed by atoms with Crippen molar-refractivity contribution < 1.29 is 24.6 Å². The van der Waals surface area contributed by atoms with E-state index in [-0.39, 0.29) is 40.5 Å². The number of carboxylic acid groups (broad SMARTS) is 1. The summed E-state index contributed by atoms with van der Waals surface area (Å²) in [6.45, 7) is 12.0. The molecule has 3 aliphatic rings. The average Bonchev–Trinajstić information content (AvgIpc) is 3.36. The van der Waals surface area contributed by atoms with Crippen molar-refractivity contribution in [1.29, 1.82) is 0 Å². The van der Waals surface area contributed by atoms with Crippen LogP contribution in [0.4, 0.5) is 0 Å². The molecule has 2 N–H and O–H groups in total. The Labute approximate surface area is 209 Å². The summed E-state index contributed by atoms with van der Waals surface area (Å²) in [6, 6.07) is -1.38. The number of hydrogen-bond acceptors (Lipinski definition) is 5. The van der Waals surface area contributed by atoms with Gasteiger partial charge in [0.25, 0.3) is 0 Å². The maximum absolute atomic E-state index is 14.3. The molecule has 2 bridgehead atoms. The standard InChI is InChI=1S/C24H37BrN2O5S/c1-6-9-14(5)26(10-7-2)22(30)20-24-11-15(25)19(33-24)17(23(31)32)18(24)21(29)27(20)16(12-28)13(4)8-3/h7,13-20,28H,2,6,8-12H2,1,3-5H3,(H,31,32)/t13-,14?,15?,16-,17-,18-,19-,20?,24?/m0/s1. The van der Waals surface area contributed by atoms with Gasteiger partial charge in [0.05, 0.1) is 29.2 Å². The zero-order chi connectivity index (χ0) is 24.7.